The molecule has 3 heteroatoms. The van der Waals surface area contributed by atoms with Crippen LogP contribution >= 0.6 is 0 Å². The van der Waals surface area contributed by atoms with Gasteiger partial charge in [-0.05, 0) is 5.54 Å². The normalized spacial score (nSPS) is 16.5. The summed E-state index contributed by atoms with van der Waals surface area (Å²) in [5, 5.41) is 0. The van der Waals surface area contributed by atoms with Gasteiger partial charge >= 0.3 is 5.97 Å². The van der Waals surface area contributed by atoms with Crippen LogP contribution in [0, 0.1) is 0 Å². The molecule has 1 aliphatic rings. The lowest BCUT2D eigenvalue weighted by atomic mass is 10.0. The lowest BCUT2D eigenvalue weighted by Gasteiger charge is -2.23. The Hall–Kier alpha value is -0.573. The first-order valence-corrected chi connectivity index (χ1v) is 8.79. The Bertz CT molecular complexity index is 184. The van der Waals surface area contributed by atoms with Crippen LogP contribution in [0.5, 0.6) is 0 Å². The molecule has 0 radical (unpaired) electrons. The fourth-order valence-corrected chi connectivity index (χ4v) is 3.69. The zero-order chi connectivity index (χ0) is 11.7. The fraction of sp³-hybridized carbons (Fsp3) is 0.750. The van der Waals surface area contributed by atoms with Crippen molar-refractivity contribution in [3.8, 4) is 0 Å². The summed E-state index contributed by atoms with van der Waals surface area (Å²) in [6, 6.07) is 0. The van der Waals surface area contributed by atoms with E-state index in [0.29, 0.717) is 0 Å². The van der Waals surface area contributed by atoms with Crippen LogP contribution < -0.4 is 0 Å². The van der Waals surface area contributed by atoms with Crippen LogP contribution in [0.1, 0.15) is 32.1 Å². The van der Waals surface area contributed by atoms with Gasteiger partial charge in [0.05, 0.1) is 7.11 Å². The maximum absolute atomic E-state index is 9.84. The minimum atomic E-state index is -0.394. The molecule has 0 atom stereocenters. The number of methoxy groups -OCH3 is 1. The van der Waals surface area contributed by atoms with E-state index >= 15 is 0 Å². The Balaban J connectivity index is 0.000000288. The van der Waals surface area contributed by atoms with Gasteiger partial charge in [-0.25, -0.2) is 4.79 Å². The van der Waals surface area contributed by atoms with Gasteiger partial charge in [-0.2, -0.15) is 0 Å². The lowest BCUT2D eigenvalue weighted by Crippen LogP contribution is -2.14. The molecule has 0 aromatic carbocycles. The molecule has 1 aliphatic carbocycles. The predicted molar refractivity (Wildman–Crippen MR) is 67.9 cm³/mol. The third kappa shape index (κ3) is 7.37. The second kappa shape index (κ2) is 8.71. The highest BCUT2D eigenvalue weighted by Crippen LogP contribution is 2.30. The monoisotopic (exact) mass is 228 g/mol. The van der Waals surface area contributed by atoms with Crippen molar-refractivity contribution in [2.75, 3.05) is 7.11 Å². The lowest BCUT2D eigenvalue weighted by molar-refractivity contribution is -0.134. The van der Waals surface area contributed by atoms with E-state index in [9.17, 15) is 4.79 Å². The van der Waals surface area contributed by atoms with Crippen LogP contribution in [0.4, 0.5) is 0 Å². The first-order valence-electron chi connectivity index (χ1n) is 5.82. The van der Waals surface area contributed by atoms with E-state index in [-0.39, 0.29) is 8.80 Å². The zero-order valence-corrected chi connectivity index (χ0v) is 11.4. The van der Waals surface area contributed by atoms with Crippen molar-refractivity contribution >= 4 is 14.8 Å². The molecule has 0 bridgehead atoms. The Morgan fingerprint density at radius 1 is 1.33 bits per heavy atom. The van der Waals surface area contributed by atoms with Crippen LogP contribution in [-0.2, 0) is 9.53 Å². The number of carbonyl (C=O) groups excluding carboxylic acids is 1. The zero-order valence-electron chi connectivity index (χ0n) is 10.3. The van der Waals surface area contributed by atoms with Gasteiger partial charge in [0, 0.05) is 14.9 Å². The highest BCUT2D eigenvalue weighted by molar-refractivity contribution is 6.57. The molecule has 1 rings (SSSR count). The van der Waals surface area contributed by atoms with Gasteiger partial charge in [0.15, 0.2) is 0 Å². The van der Waals surface area contributed by atoms with Crippen LogP contribution in [0.3, 0.4) is 0 Å². The van der Waals surface area contributed by atoms with E-state index in [0.717, 1.165) is 6.08 Å². The van der Waals surface area contributed by atoms with E-state index < -0.39 is 5.97 Å². The molecule has 0 aromatic rings. The first kappa shape index (κ1) is 14.4. The summed E-state index contributed by atoms with van der Waals surface area (Å²) in [5.74, 6) is -0.394. The molecule has 15 heavy (non-hydrogen) atoms. The molecule has 0 aliphatic heterocycles. The van der Waals surface area contributed by atoms with Crippen molar-refractivity contribution in [1.29, 1.82) is 0 Å². The summed E-state index contributed by atoms with van der Waals surface area (Å²) in [4.78, 5) is 9.84. The van der Waals surface area contributed by atoms with Gasteiger partial charge in [0.2, 0.25) is 0 Å². The van der Waals surface area contributed by atoms with Gasteiger partial charge in [-0.3, -0.25) is 0 Å². The number of carbonyl (C=O) groups is 1. The van der Waals surface area contributed by atoms with Gasteiger partial charge < -0.3 is 4.74 Å². The van der Waals surface area contributed by atoms with E-state index in [4.69, 9.17) is 0 Å². The number of esters is 1. The van der Waals surface area contributed by atoms with Crippen molar-refractivity contribution in [3.63, 3.8) is 0 Å². The summed E-state index contributed by atoms with van der Waals surface area (Å²) < 4.78 is 4.14. The fourth-order valence-electron chi connectivity index (χ4n) is 1.88. The predicted octanol–water partition coefficient (Wildman–Crippen LogP) is 3.15. The number of hydrogen-bond donors (Lipinski definition) is 0. The highest BCUT2D eigenvalue weighted by atomic mass is 28.3. The molecule has 0 saturated heterocycles. The average molecular weight is 228 g/mol. The minimum Gasteiger partial charge on any atom is -0.466 e. The molecule has 0 aromatic heterocycles. The first-order chi connectivity index (χ1) is 7.11. The summed E-state index contributed by atoms with van der Waals surface area (Å²) in [6.07, 6.45) is 8.79. The topological polar surface area (TPSA) is 26.3 Å². The van der Waals surface area contributed by atoms with Gasteiger partial charge in [0.25, 0.3) is 0 Å². The smallest absolute Gasteiger partial charge is 0.329 e. The molecular weight excluding hydrogens is 204 g/mol. The molecule has 0 spiro atoms. The van der Waals surface area contributed by atoms with Crippen molar-refractivity contribution in [2.45, 2.75) is 50.7 Å². The summed E-state index contributed by atoms with van der Waals surface area (Å²) in [6.45, 7) is 8.15. The quantitative estimate of drug-likeness (QED) is 0.412. The highest BCUT2D eigenvalue weighted by Gasteiger charge is 2.16. The van der Waals surface area contributed by atoms with Crippen LogP contribution in [-0.4, -0.2) is 21.9 Å². The molecule has 88 valence electrons. The van der Waals surface area contributed by atoms with Crippen molar-refractivity contribution in [2.24, 2.45) is 0 Å². The standard InChI is InChI=1S/C8H18Si.C4H6O2/c1-9(2)8-6-4-3-5-7-8;1-3-4(5)6-2/h8-9H,3-7H2,1-2H3;3H,1H2,2H3. The maximum atomic E-state index is 9.84. The second-order valence-corrected chi connectivity index (χ2v) is 7.80. The number of ether oxygens (including phenoxy) is 1. The van der Waals surface area contributed by atoms with Crippen LogP contribution in [0.2, 0.25) is 18.6 Å². The maximum Gasteiger partial charge on any atom is 0.329 e. The van der Waals surface area contributed by atoms with Gasteiger partial charge in [-0.15, -0.1) is 0 Å². The third-order valence-corrected chi connectivity index (χ3v) is 5.51. The molecule has 0 amide bonds. The largest absolute Gasteiger partial charge is 0.466 e. The Morgan fingerprint density at radius 2 is 1.87 bits per heavy atom. The SMILES string of the molecule is C=CC(=O)OC.C[SiH](C)C1CCCCC1. The van der Waals surface area contributed by atoms with E-state index in [1.165, 1.54) is 31.9 Å². The Morgan fingerprint density at radius 3 is 2.07 bits per heavy atom. The molecule has 0 heterocycles. The summed E-state index contributed by atoms with van der Waals surface area (Å²) >= 11 is 0. The van der Waals surface area contributed by atoms with E-state index in [2.05, 4.69) is 24.4 Å². The summed E-state index contributed by atoms with van der Waals surface area (Å²) in [5.41, 5.74) is 1.19. The average Bonchev–Trinajstić information content (AvgIpc) is 2.30. The number of rotatable bonds is 2. The van der Waals surface area contributed by atoms with Crippen LogP contribution in [0.25, 0.3) is 0 Å². The summed E-state index contributed by atoms with van der Waals surface area (Å²) in [7, 11) is 1.06. The van der Waals surface area contributed by atoms with E-state index in [1.54, 1.807) is 12.8 Å². The van der Waals surface area contributed by atoms with Crippen molar-refractivity contribution < 1.29 is 9.53 Å². The van der Waals surface area contributed by atoms with Crippen molar-refractivity contribution in [3.05, 3.63) is 12.7 Å². The molecule has 0 N–H and O–H groups in total. The van der Waals surface area contributed by atoms with E-state index in [1.807, 2.05) is 0 Å². The third-order valence-electron chi connectivity index (χ3n) is 2.96. The molecule has 1 saturated carbocycles. The molecule has 2 nitrogen and oxygen atoms in total. The Kier molecular flexibility index (Phi) is 8.38. The van der Waals surface area contributed by atoms with Crippen molar-refractivity contribution in [1.82, 2.24) is 0 Å². The van der Waals surface area contributed by atoms with Gasteiger partial charge in [-0.1, -0.05) is 51.8 Å². The molecule has 1 fully saturated rings. The van der Waals surface area contributed by atoms with Crippen LogP contribution in [0.15, 0.2) is 12.7 Å². The molecule has 0 unspecified atom stereocenters. The second-order valence-electron chi connectivity index (χ2n) is 4.37. The minimum absolute atomic E-state index is 0.252. The molecular formula is C12H24O2Si. The van der Waals surface area contributed by atoms with Gasteiger partial charge in [0.1, 0.15) is 0 Å². The number of hydrogen-bond acceptors (Lipinski definition) is 2. The Labute approximate surface area is 95.3 Å².